The molecular weight excluding hydrogens is 202 g/mol. The minimum atomic E-state index is -0.378. The van der Waals surface area contributed by atoms with Crippen molar-refractivity contribution in [3.05, 3.63) is 24.0 Å². The number of hydrogen-bond donors (Lipinski definition) is 1. The molecule has 1 aromatic heterocycles. The third-order valence-corrected chi connectivity index (χ3v) is 3.04. The number of aliphatic hydroxyl groups is 1. The van der Waals surface area contributed by atoms with Crippen LogP contribution in [0.15, 0.2) is 18.5 Å². The normalized spacial score (nSPS) is 18.2. The van der Waals surface area contributed by atoms with E-state index in [-0.39, 0.29) is 12.2 Å². The van der Waals surface area contributed by atoms with E-state index >= 15 is 0 Å². The van der Waals surface area contributed by atoms with Crippen LogP contribution < -0.4 is 4.74 Å². The summed E-state index contributed by atoms with van der Waals surface area (Å²) in [5, 5.41) is 10.1. The van der Waals surface area contributed by atoms with Gasteiger partial charge in [0.25, 0.3) is 0 Å². The molecule has 0 radical (unpaired) electrons. The van der Waals surface area contributed by atoms with Gasteiger partial charge in [-0.05, 0) is 38.7 Å². The first-order chi connectivity index (χ1) is 7.66. The Bertz CT molecular complexity index is 348. The van der Waals surface area contributed by atoms with E-state index in [0.717, 1.165) is 24.2 Å². The summed E-state index contributed by atoms with van der Waals surface area (Å²) in [5.41, 5.74) is 0.878. The van der Waals surface area contributed by atoms with E-state index in [4.69, 9.17) is 4.74 Å². The van der Waals surface area contributed by atoms with Crippen LogP contribution in [0.4, 0.5) is 0 Å². The Labute approximate surface area is 96.5 Å². The quantitative estimate of drug-likeness (QED) is 0.850. The predicted molar refractivity (Wildman–Crippen MR) is 62.3 cm³/mol. The second-order valence-corrected chi connectivity index (χ2v) is 4.76. The van der Waals surface area contributed by atoms with Crippen LogP contribution in [0.5, 0.6) is 5.75 Å². The molecule has 1 heterocycles. The molecule has 0 aliphatic heterocycles. The molecule has 1 aromatic rings. The van der Waals surface area contributed by atoms with Crippen LogP contribution >= 0.6 is 0 Å². The Hall–Kier alpha value is -1.09. The van der Waals surface area contributed by atoms with Gasteiger partial charge < -0.3 is 9.84 Å². The van der Waals surface area contributed by atoms with E-state index in [0.29, 0.717) is 5.92 Å². The molecule has 3 nitrogen and oxygen atoms in total. The summed E-state index contributed by atoms with van der Waals surface area (Å²) in [6.45, 7) is 3.96. The predicted octanol–water partition coefficient (Wildman–Crippen LogP) is 2.70. The van der Waals surface area contributed by atoms with Crippen LogP contribution in [0.1, 0.15) is 44.8 Å². The molecule has 0 spiro atoms. The zero-order chi connectivity index (χ0) is 11.5. The third kappa shape index (κ3) is 2.53. The van der Waals surface area contributed by atoms with Gasteiger partial charge in [0.15, 0.2) is 0 Å². The molecule has 1 atom stereocenters. The molecule has 88 valence electrons. The largest absolute Gasteiger partial charge is 0.489 e. The summed E-state index contributed by atoms with van der Waals surface area (Å²) < 4.78 is 5.56. The lowest BCUT2D eigenvalue weighted by molar-refractivity contribution is 0.0615. The van der Waals surface area contributed by atoms with E-state index in [9.17, 15) is 5.11 Å². The van der Waals surface area contributed by atoms with Gasteiger partial charge in [-0.25, -0.2) is 0 Å². The second kappa shape index (κ2) is 4.83. The smallest absolute Gasteiger partial charge is 0.138 e. The van der Waals surface area contributed by atoms with Crippen LogP contribution in [0, 0.1) is 5.92 Å². The first-order valence-electron chi connectivity index (χ1n) is 5.96. The van der Waals surface area contributed by atoms with Crippen LogP contribution in [-0.4, -0.2) is 16.2 Å². The lowest BCUT2D eigenvalue weighted by Crippen LogP contribution is -2.20. The van der Waals surface area contributed by atoms with Crippen molar-refractivity contribution in [3.63, 3.8) is 0 Å². The van der Waals surface area contributed by atoms with Gasteiger partial charge in [-0.15, -0.1) is 0 Å². The molecule has 1 aliphatic carbocycles. The van der Waals surface area contributed by atoms with E-state index < -0.39 is 0 Å². The highest BCUT2D eigenvalue weighted by Gasteiger charge is 2.27. The standard InChI is InChI=1S/C13H19NO2/c1-9(2)16-12-6-11(7-14-8-12)13(15)10-4-3-5-10/h6-10,13,15H,3-5H2,1-2H3. The van der Waals surface area contributed by atoms with Crippen molar-refractivity contribution >= 4 is 0 Å². The molecule has 1 fully saturated rings. The van der Waals surface area contributed by atoms with Crippen molar-refractivity contribution in [2.45, 2.75) is 45.3 Å². The minimum absolute atomic E-state index is 0.137. The average molecular weight is 221 g/mol. The van der Waals surface area contributed by atoms with Crippen LogP contribution in [0.2, 0.25) is 0 Å². The molecule has 0 saturated heterocycles. The Morgan fingerprint density at radius 1 is 1.38 bits per heavy atom. The number of aliphatic hydroxyl groups excluding tert-OH is 1. The van der Waals surface area contributed by atoms with E-state index in [1.807, 2.05) is 19.9 Å². The molecule has 3 heteroatoms. The van der Waals surface area contributed by atoms with Gasteiger partial charge in [0.2, 0.25) is 0 Å². The van der Waals surface area contributed by atoms with Crippen LogP contribution in [-0.2, 0) is 0 Å². The monoisotopic (exact) mass is 221 g/mol. The lowest BCUT2D eigenvalue weighted by atomic mass is 9.79. The molecule has 0 aromatic carbocycles. The molecule has 0 amide bonds. The Morgan fingerprint density at radius 2 is 2.12 bits per heavy atom. The highest BCUT2D eigenvalue weighted by Crippen LogP contribution is 2.37. The number of ether oxygens (including phenoxy) is 1. The van der Waals surface area contributed by atoms with Crippen molar-refractivity contribution in [1.29, 1.82) is 0 Å². The maximum absolute atomic E-state index is 10.1. The molecule has 1 aliphatic rings. The first kappa shape index (κ1) is 11.4. The molecule has 0 bridgehead atoms. The molecular formula is C13H19NO2. The zero-order valence-corrected chi connectivity index (χ0v) is 9.89. The topological polar surface area (TPSA) is 42.4 Å². The fourth-order valence-corrected chi connectivity index (χ4v) is 1.96. The summed E-state index contributed by atoms with van der Waals surface area (Å²) in [4.78, 5) is 4.11. The van der Waals surface area contributed by atoms with Gasteiger partial charge in [0.1, 0.15) is 5.75 Å². The van der Waals surface area contributed by atoms with E-state index in [1.165, 1.54) is 6.42 Å². The number of hydrogen-bond acceptors (Lipinski definition) is 3. The van der Waals surface area contributed by atoms with Crippen molar-refractivity contribution in [1.82, 2.24) is 4.98 Å². The molecule has 16 heavy (non-hydrogen) atoms. The third-order valence-electron chi connectivity index (χ3n) is 3.04. The molecule has 2 rings (SSSR count). The summed E-state index contributed by atoms with van der Waals surface area (Å²) >= 11 is 0. The second-order valence-electron chi connectivity index (χ2n) is 4.76. The van der Waals surface area contributed by atoms with Gasteiger partial charge >= 0.3 is 0 Å². The Balaban J connectivity index is 2.08. The van der Waals surface area contributed by atoms with Gasteiger partial charge in [0.05, 0.1) is 18.4 Å². The summed E-state index contributed by atoms with van der Waals surface area (Å²) in [5.74, 6) is 1.15. The van der Waals surface area contributed by atoms with Crippen LogP contribution in [0.25, 0.3) is 0 Å². The number of nitrogens with zero attached hydrogens (tertiary/aromatic N) is 1. The zero-order valence-electron chi connectivity index (χ0n) is 9.89. The fourth-order valence-electron chi connectivity index (χ4n) is 1.96. The van der Waals surface area contributed by atoms with Crippen molar-refractivity contribution in [2.75, 3.05) is 0 Å². The molecule has 1 N–H and O–H groups in total. The van der Waals surface area contributed by atoms with E-state index in [1.54, 1.807) is 12.4 Å². The Morgan fingerprint density at radius 3 is 2.69 bits per heavy atom. The van der Waals surface area contributed by atoms with Crippen LogP contribution in [0.3, 0.4) is 0 Å². The highest BCUT2D eigenvalue weighted by atomic mass is 16.5. The summed E-state index contributed by atoms with van der Waals surface area (Å²) in [7, 11) is 0. The SMILES string of the molecule is CC(C)Oc1cncc(C(O)C2CCC2)c1. The molecule has 1 saturated carbocycles. The molecule has 1 unspecified atom stereocenters. The maximum Gasteiger partial charge on any atom is 0.138 e. The van der Waals surface area contributed by atoms with Gasteiger partial charge in [-0.3, -0.25) is 4.98 Å². The summed E-state index contributed by atoms with van der Waals surface area (Å²) in [6.07, 6.45) is 6.66. The minimum Gasteiger partial charge on any atom is -0.489 e. The number of aromatic nitrogens is 1. The first-order valence-corrected chi connectivity index (χ1v) is 5.96. The van der Waals surface area contributed by atoms with Gasteiger partial charge in [0, 0.05) is 11.8 Å². The highest BCUT2D eigenvalue weighted by molar-refractivity contribution is 5.26. The maximum atomic E-state index is 10.1. The van der Waals surface area contributed by atoms with Crippen molar-refractivity contribution < 1.29 is 9.84 Å². The lowest BCUT2D eigenvalue weighted by Gasteiger charge is -2.30. The van der Waals surface area contributed by atoms with Gasteiger partial charge in [-0.2, -0.15) is 0 Å². The average Bonchev–Trinajstić information content (AvgIpc) is 2.14. The van der Waals surface area contributed by atoms with Crippen molar-refractivity contribution in [2.24, 2.45) is 5.92 Å². The summed E-state index contributed by atoms with van der Waals surface area (Å²) in [6, 6.07) is 1.90. The number of pyridine rings is 1. The van der Waals surface area contributed by atoms with Gasteiger partial charge in [-0.1, -0.05) is 6.42 Å². The Kier molecular flexibility index (Phi) is 3.44. The van der Waals surface area contributed by atoms with Crippen molar-refractivity contribution in [3.8, 4) is 5.75 Å². The number of rotatable bonds is 4. The van der Waals surface area contributed by atoms with E-state index in [2.05, 4.69) is 4.98 Å². The fraction of sp³-hybridized carbons (Fsp3) is 0.615.